The van der Waals surface area contributed by atoms with E-state index in [9.17, 15) is 22.4 Å². The summed E-state index contributed by atoms with van der Waals surface area (Å²) in [6.45, 7) is 1.44. The molecule has 0 saturated heterocycles. The largest absolute Gasteiger partial charge is 0.471 e. The molecule has 0 aromatic heterocycles. The van der Waals surface area contributed by atoms with Crippen LogP contribution in [0.2, 0.25) is 0 Å². The normalized spacial score (nSPS) is 13.3. The Morgan fingerprint density at radius 2 is 1.71 bits per heavy atom. The molecule has 0 aliphatic rings. The van der Waals surface area contributed by atoms with Crippen molar-refractivity contribution in [1.29, 1.82) is 0 Å². The van der Waals surface area contributed by atoms with Gasteiger partial charge in [-0.2, -0.15) is 13.2 Å². The fourth-order valence-corrected chi connectivity index (χ4v) is 1.34. The number of hydrogen-bond acceptors (Lipinski definition) is 1. The molecule has 0 aliphatic carbocycles. The van der Waals surface area contributed by atoms with Crippen LogP contribution in [0.4, 0.5) is 17.6 Å². The minimum absolute atomic E-state index is 0.437. The van der Waals surface area contributed by atoms with Gasteiger partial charge in [0, 0.05) is 7.05 Å². The highest BCUT2D eigenvalue weighted by atomic mass is 19.4. The summed E-state index contributed by atoms with van der Waals surface area (Å²) in [5.41, 5.74) is 0.437. The van der Waals surface area contributed by atoms with Crippen LogP contribution < -0.4 is 0 Å². The summed E-state index contributed by atoms with van der Waals surface area (Å²) in [5.74, 6) is -2.40. The van der Waals surface area contributed by atoms with Crippen LogP contribution in [0.5, 0.6) is 0 Å². The van der Waals surface area contributed by atoms with Gasteiger partial charge >= 0.3 is 12.1 Å². The molecule has 0 heterocycles. The molecular formula is C11H11F4NO. The monoisotopic (exact) mass is 249 g/mol. The number of alkyl halides is 3. The van der Waals surface area contributed by atoms with Gasteiger partial charge in [-0.15, -0.1) is 0 Å². The van der Waals surface area contributed by atoms with Crippen molar-refractivity contribution in [2.24, 2.45) is 0 Å². The number of rotatable bonds is 2. The van der Waals surface area contributed by atoms with Gasteiger partial charge < -0.3 is 4.90 Å². The molecular weight excluding hydrogens is 238 g/mol. The fourth-order valence-electron chi connectivity index (χ4n) is 1.34. The van der Waals surface area contributed by atoms with Crippen molar-refractivity contribution < 1.29 is 22.4 Å². The van der Waals surface area contributed by atoms with E-state index in [1.165, 1.54) is 19.1 Å². The molecule has 0 bridgehead atoms. The Kier molecular flexibility index (Phi) is 3.75. The highest BCUT2D eigenvalue weighted by molar-refractivity contribution is 5.82. The summed E-state index contributed by atoms with van der Waals surface area (Å²) in [6.07, 6.45) is -4.90. The third-order valence-electron chi connectivity index (χ3n) is 2.50. The summed E-state index contributed by atoms with van der Waals surface area (Å²) < 4.78 is 49.2. The second-order valence-corrected chi connectivity index (χ2v) is 3.64. The highest BCUT2D eigenvalue weighted by Crippen LogP contribution is 2.25. The summed E-state index contributed by atoms with van der Waals surface area (Å²) >= 11 is 0. The molecule has 0 saturated carbocycles. The number of benzene rings is 1. The number of amides is 1. The van der Waals surface area contributed by atoms with Gasteiger partial charge in [0.05, 0.1) is 6.04 Å². The third kappa shape index (κ3) is 3.18. The van der Waals surface area contributed by atoms with Gasteiger partial charge in [-0.25, -0.2) is 4.39 Å². The van der Waals surface area contributed by atoms with Gasteiger partial charge in [0.25, 0.3) is 0 Å². The van der Waals surface area contributed by atoms with Crippen molar-refractivity contribution in [3.8, 4) is 0 Å². The molecule has 1 aromatic rings. The van der Waals surface area contributed by atoms with E-state index in [1.807, 2.05) is 0 Å². The zero-order valence-electron chi connectivity index (χ0n) is 9.25. The lowest BCUT2D eigenvalue weighted by Gasteiger charge is -2.26. The zero-order valence-corrected chi connectivity index (χ0v) is 9.25. The van der Waals surface area contributed by atoms with E-state index in [0.29, 0.717) is 10.5 Å². The van der Waals surface area contributed by atoms with E-state index in [2.05, 4.69) is 0 Å². The smallest absolute Gasteiger partial charge is 0.331 e. The molecule has 1 aromatic carbocycles. The number of carbonyl (C=O) groups is 1. The fraction of sp³-hybridized carbons (Fsp3) is 0.364. The minimum atomic E-state index is -4.90. The number of carbonyl (C=O) groups excluding carboxylic acids is 1. The maximum Gasteiger partial charge on any atom is 0.471 e. The number of nitrogens with zero attached hydrogens (tertiary/aromatic N) is 1. The summed E-state index contributed by atoms with van der Waals surface area (Å²) in [6, 6.07) is 4.19. The predicted octanol–water partition coefficient (Wildman–Crippen LogP) is 2.91. The molecule has 0 radical (unpaired) electrons. The Hall–Kier alpha value is -1.59. The van der Waals surface area contributed by atoms with Gasteiger partial charge in [-0.3, -0.25) is 4.79 Å². The summed E-state index contributed by atoms with van der Waals surface area (Å²) in [4.78, 5) is 11.5. The molecule has 6 heteroatoms. The molecule has 0 fully saturated rings. The van der Waals surface area contributed by atoms with E-state index in [-0.39, 0.29) is 0 Å². The van der Waals surface area contributed by atoms with Crippen LogP contribution in [0.3, 0.4) is 0 Å². The maximum atomic E-state index is 12.6. The Balaban J connectivity index is 2.87. The van der Waals surface area contributed by atoms with Gasteiger partial charge in [0.1, 0.15) is 5.82 Å². The van der Waals surface area contributed by atoms with Crippen molar-refractivity contribution in [3.05, 3.63) is 35.6 Å². The first-order valence-electron chi connectivity index (χ1n) is 4.83. The van der Waals surface area contributed by atoms with Crippen molar-refractivity contribution >= 4 is 5.91 Å². The van der Waals surface area contributed by atoms with Gasteiger partial charge in [0.15, 0.2) is 0 Å². The quantitative estimate of drug-likeness (QED) is 0.738. The lowest BCUT2D eigenvalue weighted by Crippen LogP contribution is -2.39. The molecule has 0 N–H and O–H groups in total. The van der Waals surface area contributed by atoms with Gasteiger partial charge in [-0.1, -0.05) is 12.1 Å². The van der Waals surface area contributed by atoms with Crippen LogP contribution in [0.15, 0.2) is 24.3 Å². The molecule has 1 rings (SSSR count). The Bertz CT molecular complexity index is 399. The lowest BCUT2D eigenvalue weighted by atomic mass is 10.1. The molecule has 1 unspecified atom stereocenters. The first-order chi connectivity index (χ1) is 7.73. The Labute approximate surface area is 95.8 Å². The van der Waals surface area contributed by atoms with Crippen LogP contribution >= 0.6 is 0 Å². The topological polar surface area (TPSA) is 20.3 Å². The summed E-state index contributed by atoms with van der Waals surface area (Å²) in [5, 5.41) is 0. The SMILES string of the molecule is CC(c1ccc(F)cc1)N(C)C(=O)C(F)(F)F. The average Bonchev–Trinajstić information content (AvgIpc) is 2.26. The minimum Gasteiger partial charge on any atom is -0.331 e. The second kappa shape index (κ2) is 4.73. The molecule has 0 aliphatic heterocycles. The molecule has 2 nitrogen and oxygen atoms in total. The van der Waals surface area contributed by atoms with E-state index >= 15 is 0 Å². The van der Waals surface area contributed by atoms with Crippen LogP contribution in [-0.4, -0.2) is 24.0 Å². The van der Waals surface area contributed by atoms with Crippen molar-refractivity contribution in [1.82, 2.24) is 4.90 Å². The van der Waals surface area contributed by atoms with Gasteiger partial charge in [-0.05, 0) is 24.6 Å². The van der Waals surface area contributed by atoms with E-state index in [1.54, 1.807) is 0 Å². The van der Waals surface area contributed by atoms with E-state index in [0.717, 1.165) is 19.2 Å². The van der Waals surface area contributed by atoms with Crippen LogP contribution in [0.1, 0.15) is 18.5 Å². The van der Waals surface area contributed by atoms with Crippen LogP contribution in [-0.2, 0) is 4.79 Å². The predicted molar refractivity (Wildman–Crippen MR) is 53.6 cm³/mol. The van der Waals surface area contributed by atoms with Crippen LogP contribution in [0.25, 0.3) is 0 Å². The molecule has 0 spiro atoms. The zero-order chi connectivity index (χ0) is 13.2. The molecule has 94 valence electrons. The lowest BCUT2D eigenvalue weighted by molar-refractivity contribution is -0.186. The standard InChI is InChI=1S/C11H11F4NO/c1-7(8-3-5-9(12)6-4-8)16(2)10(17)11(13,14)15/h3-7H,1-2H3. The number of hydrogen-bond donors (Lipinski definition) is 0. The van der Waals surface area contributed by atoms with E-state index in [4.69, 9.17) is 0 Å². The molecule has 1 amide bonds. The Morgan fingerprint density at radius 1 is 1.24 bits per heavy atom. The second-order valence-electron chi connectivity index (χ2n) is 3.64. The van der Waals surface area contributed by atoms with Crippen molar-refractivity contribution in [2.45, 2.75) is 19.1 Å². The first-order valence-corrected chi connectivity index (χ1v) is 4.83. The molecule has 1 atom stereocenters. The first kappa shape index (κ1) is 13.5. The van der Waals surface area contributed by atoms with E-state index < -0.39 is 23.9 Å². The van der Waals surface area contributed by atoms with Gasteiger partial charge in [0.2, 0.25) is 0 Å². The van der Waals surface area contributed by atoms with Crippen LogP contribution in [0, 0.1) is 5.82 Å². The Morgan fingerprint density at radius 3 is 2.12 bits per heavy atom. The average molecular weight is 249 g/mol. The van der Waals surface area contributed by atoms with Crippen molar-refractivity contribution in [2.75, 3.05) is 7.05 Å². The molecule has 17 heavy (non-hydrogen) atoms. The summed E-state index contributed by atoms with van der Waals surface area (Å²) in [7, 11) is 1.06. The number of halogens is 4. The van der Waals surface area contributed by atoms with Crippen molar-refractivity contribution in [3.63, 3.8) is 0 Å². The highest BCUT2D eigenvalue weighted by Gasteiger charge is 2.42. The third-order valence-corrected chi connectivity index (χ3v) is 2.50. The maximum absolute atomic E-state index is 12.6.